The number of amides is 2. The summed E-state index contributed by atoms with van der Waals surface area (Å²) in [5.74, 6) is 0.623. The van der Waals surface area contributed by atoms with E-state index in [9.17, 15) is 4.79 Å². The van der Waals surface area contributed by atoms with E-state index in [-0.39, 0.29) is 6.03 Å². The van der Waals surface area contributed by atoms with Gasteiger partial charge >= 0.3 is 6.03 Å². The molecular weight excluding hydrogens is 322 g/mol. The summed E-state index contributed by atoms with van der Waals surface area (Å²) >= 11 is 0. The van der Waals surface area contributed by atoms with Crippen molar-refractivity contribution in [3.63, 3.8) is 0 Å². The molecule has 1 aromatic heterocycles. The number of benzene rings is 2. The number of aromatic amines is 1. The fourth-order valence-corrected chi connectivity index (χ4v) is 4.09. The molecule has 2 N–H and O–H groups in total. The highest BCUT2D eigenvalue weighted by Gasteiger charge is 2.27. The molecule has 0 spiro atoms. The van der Waals surface area contributed by atoms with Crippen LogP contribution in [-0.4, -0.2) is 29.0 Å². The van der Waals surface area contributed by atoms with Crippen molar-refractivity contribution in [2.75, 3.05) is 12.4 Å². The molecule has 26 heavy (non-hydrogen) atoms. The number of aromatic nitrogens is 1. The van der Waals surface area contributed by atoms with Gasteiger partial charge < -0.3 is 15.2 Å². The number of anilines is 1. The third-order valence-electron chi connectivity index (χ3n) is 5.67. The van der Waals surface area contributed by atoms with E-state index < -0.39 is 0 Å². The summed E-state index contributed by atoms with van der Waals surface area (Å²) in [5, 5.41) is 4.12. The Balaban J connectivity index is 1.38. The SMILES string of the molecule is CN(C(=O)Nc1cccc2[nH]ccc12)C1CCC(c2ccccc2)CC1. The molecule has 4 heteroatoms. The maximum absolute atomic E-state index is 12.7. The van der Waals surface area contributed by atoms with Crippen LogP contribution in [0.2, 0.25) is 0 Å². The van der Waals surface area contributed by atoms with Crippen molar-refractivity contribution in [1.82, 2.24) is 9.88 Å². The van der Waals surface area contributed by atoms with Crippen molar-refractivity contribution in [2.24, 2.45) is 0 Å². The molecule has 0 atom stereocenters. The van der Waals surface area contributed by atoms with Gasteiger partial charge in [-0.15, -0.1) is 0 Å². The Morgan fingerprint density at radius 1 is 1.00 bits per heavy atom. The Bertz CT molecular complexity index is 879. The summed E-state index contributed by atoms with van der Waals surface area (Å²) in [7, 11) is 1.92. The quantitative estimate of drug-likeness (QED) is 0.658. The second kappa shape index (κ2) is 7.24. The lowest BCUT2D eigenvalue weighted by Gasteiger charge is -2.35. The molecule has 4 rings (SSSR count). The Morgan fingerprint density at radius 3 is 2.54 bits per heavy atom. The molecule has 1 saturated carbocycles. The number of hydrogen-bond acceptors (Lipinski definition) is 1. The number of carbonyl (C=O) groups is 1. The van der Waals surface area contributed by atoms with Gasteiger partial charge in [-0.3, -0.25) is 0 Å². The average molecular weight is 347 g/mol. The van der Waals surface area contributed by atoms with Crippen molar-refractivity contribution < 1.29 is 4.79 Å². The zero-order valence-corrected chi connectivity index (χ0v) is 15.1. The van der Waals surface area contributed by atoms with Crippen LogP contribution >= 0.6 is 0 Å². The number of H-pyrrole nitrogens is 1. The lowest BCUT2D eigenvalue weighted by molar-refractivity contribution is 0.181. The molecule has 0 radical (unpaired) electrons. The van der Waals surface area contributed by atoms with Crippen LogP contribution in [0.5, 0.6) is 0 Å². The molecule has 134 valence electrons. The summed E-state index contributed by atoms with van der Waals surface area (Å²) in [5.41, 5.74) is 3.32. The van der Waals surface area contributed by atoms with Gasteiger partial charge in [-0.2, -0.15) is 0 Å². The lowest BCUT2D eigenvalue weighted by atomic mass is 9.81. The van der Waals surface area contributed by atoms with E-state index in [1.807, 2.05) is 42.4 Å². The number of hydrogen-bond donors (Lipinski definition) is 2. The largest absolute Gasteiger partial charge is 0.361 e. The first-order chi connectivity index (χ1) is 12.7. The summed E-state index contributed by atoms with van der Waals surface area (Å²) in [6.07, 6.45) is 6.28. The van der Waals surface area contributed by atoms with Crippen LogP contribution in [0.4, 0.5) is 10.5 Å². The van der Waals surface area contributed by atoms with Crippen LogP contribution in [0.15, 0.2) is 60.8 Å². The highest BCUT2D eigenvalue weighted by molar-refractivity contribution is 6.00. The van der Waals surface area contributed by atoms with Crippen LogP contribution in [0, 0.1) is 0 Å². The minimum atomic E-state index is -0.0261. The van der Waals surface area contributed by atoms with Gasteiger partial charge in [0.15, 0.2) is 0 Å². The fourth-order valence-electron chi connectivity index (χ4n) is 4.09. The van der Waals surface area contributed by atoms with Gasteiger partial charge in [-0.25, -0.2) is 4.79 Å². The number of carbonyl (C=O) groups excluding carboxylic acids is 1. The van der Waals surface area contributed by atoms with Gasteiger partial charge in [0, 0.05) is 30.2 Å². The summed E-state index contributed by atoms with van der Waals surface area (Å²) < 4.78 is 0. The Hall–Kier alpha value is -2.75. The lowest BCUT2D eigenvalue weighted by Crippen LogP contribution is -2.41. The standard InChI is InChI=1S/C22H25N3O/c1-25(18-12-10-17(11-13-18)16-6-3-2-4-7-16)22(26)24-21-9-5-8-20-19(21)14-15-23-20/h2-9,14-15,17-18,23H,10-13H2,1H3,(H,24,26). The predicted molar refractivity (Wildman–Crippen MR) is 107 cm³/mol. The zero-order chi connectivity index (χ0) is 17.9. The molecule has 0 unspecified atom stereocenters. The maximum atomic E-state index is 12.7. The van der Waals surface area contributed by atoms with E-state index in [0.717, 1.165) is 42.3 Å². The van der Waals surface area contributed by atoms with E-state index in [1.165, 1.54) is 5.56 Å². The van der Waals surface area contributed by atoms with Crippen molar-refractivity contribution >= 4 is 22.6 Å². The first-order valence-electron chi connectivity index (χ1n) is 9.37. The summed E-state index contributed by atoms with van der Waals surface area (Å²) in [6, 6.07) is 18.9. The molecule has 3 aromatic rings. The fraction of sp³-hybridized carbons (Fsp3) is 0.318. The predicted octanol–water partition coefficient (Wildman–Crippen LogP) is 5.36. The van der Waals surface area contributed by atoms with E-state index in [2.05, 4.69) is 40.6 Å². The topological polar surface area (TPSA) is 48.1 Å². The van der Waals surface area contributed by atoms with Gasteiger partial charge in [-0.05, 0) is 55.4 Å². The maximum Gasteiger partial charge on any atom is 0.321 e. The van der Waals surface area contributed by atoms with Crippen LogP contribution in [0.1, 0.15) is 37.2 Å². The Labute approximate surface area is 154 Å². The van der Waals surface area contributed by atoms with Gasteiger partial charge in [-0.1, -0.05) is 36.4 Å². The second-order valence-corrected chi connectivity index (χ2v) is 7.20. The third kappa shape index (κ3) is 3.32. The number of nitrogens with zero attached hydrogens (tertiary/aromatic N) is 1. The number of fused-ring (bicyclic) bond motifs is 1. The van der Waals surface area contributed by atoms with Crippen LogP contribution < -0.4 is 5.32 Å². The van der Waals surface area contributed by atoms with Crippen molar-refractivity contribution in [3.05, 3.63) is 66.4 Å². The number of rotatable bonds is 3. The monoisotopic (exact) mass is 347 g/mol. The molecule has 0 bridgehead atoms. The van der Waals surface area contributed by atoms with E-state index in [0.29, 0.717) is 12.0 Å². The molecule has 2 amide bonds. The minimum Gasteiger partial charge on any atom is -0.361 e. The van der Waals surface area contributed by atoms with E-state index >= 15 is 0 Å². The second-order valence-electron chi connectivity index (χ2n) is 7.20. The normalized spacial score (nSPS) is 20.0. The number of nitrogens with one attached hydrogen (secondary N) is 2. The first-order valence-corrected chi connectivity index (χ1v) is 9.37. The molecule has 1 heterocycles. The Morgan fingerprint density at radius 2 is 1.77 bits per heavy atom. The first kappa shape index (κ1) is 16.7. The van der Waals surface area contributed by atoms with Crippen molar-refractivity contribution in [1.29, 1.82) is 0 Å². The van der Waals surface area contributed by atoms with Crippen molar-refractivity contribution in [3.8, 4) is 0 Å². The highest BCUT2D eigenvalue weighted by Crippen LogP contribution is 2.34. The van der Waals surface area contributed by atoms with E-state index in [1.54, 1.807) is 0 Å². The minimum absolute atomic E-state index is 0.0261. The molecule has 1 aliphatic rings. The number of urea groups is 1. The summed E-state index contributed by atoms with van der Waals surface area (Å²) in [4.78, 5) is 17.8. The molecule has 2 aromatic carbocycles. The van der Waals surface area contributed by atoms with Gasteiger partial charge in [0.2, 0.25) is 0 Å². The van der Waals surface area contributed by atoms with Gasteiger partial charge in [0.05, 0.1) is 5.69 Å². The molecule has 0 saturated heterocycles. The van der Waals surface area contributed by atoms with Crippen LogP contribution in [0.25, 0.3) is 10.9 Å². The van der Waals surface area contributed by atoms with Crippen molar-refractivity contribution in [2.45, 2.75) is 37.6 Å². The molecule has 4 nitrogen and oxygen atoms in total. The molecule has 1 aliphatic carbocycles. The molecular formula is C22H25N3O. The van der Waals surface area contributed by atoms with Crippen LogP contribution in [0.3, 0.4) is 0 Å². The average Bonchev–Trinajstić information content (AvgIpc) is 3.18. The third-order valence-corrected chi connectivity index (χ3v) is 5.67. The smallest absolute Gasteiger partial charge is 0.321 e. The van der Waals surface area contributed by atoms with Crippen LogP contribution in [-0.2, 0) is 0 Å². The Kier molecular flexibility index (Phi) is 4.65. The molecule has 0 aliphatic heterocycles. The van der Waals surface area contributed by atoms with E-state index in [4.69, 9.17) is 0 Å². The zero-order valence-electron chi connectivity index (χ0n) is 15.1. The van der Waals surface area contributed by atoms with Gasteiger partial charge in [0.25, 0.3) is 0 Å². The summed E-state index contributed by atoms with van der Waals surface area (Å²) in [6.45, 7) is 0. The van der Waals surface area contributed by atoms with Gasteiger partial charge in [0.1, 0.15) is 0 Å². The molecule has 1 fully saturated rings. The highest BCUT2D eigenvalue weighted by atomic mass is 16.2.